The Morgan fingerprint density at radius 1 is 1.05 bits per heavy atom. The predicted molar refractivity (Wildman–Crippen MR) is 156 cm³/mol. The predicted octanol–water partition coefficient (Wildman–Crippen LogP) is 5.57. The number of hydrogen-bond donors (Lipinski definition) is 0. The summed E-state index contributed by atoms with van der Waals surface area (Å²) in [4.78, 5) is 15.6. The maximum Gasteiger partial charge on any atom is 0.266 e. The van der Waals surface area contributed by atoms with Crippen LogP contribution < -0.4 is 0 Å². The fourth-order valence-electron chi connectivity index (χ4n) is 4.65. The highest BCUT2D eigenvalue weighted by atomic mass is 32.2. The highest BCUT2D eigenvalue weighted by molar-refractivity contribution is 8.26. The molecule has 2 saturated heterocycles. The van der Waals surface area contributed by atoms with Crippen molar-refractivity contribution in [1.82, 2.24) is 19.0 Å². The summed E-state index contributed by atoms with van der Waals surface area (Å²) in [5.41, 5.74) is 2.84. The Bertz CT molecular complexity index is 1490. The van der Waals surface area contributed by atoms with Crippen LogP contribution in [0.15, 0.2) is 70.6 Å². The number of sulfonamides is 1. The molecule has 1 amide bonds. The Morgan fingerprint density at radius 2 is 1.79 bits per heavy atom. The van der Waals surface area contributed by atoms with E-state index < -0.39 is 10.0 Å². The summed E-state index contributed by atoms with van der Waals surface area (Å²) in [6.07, 6.45) is 6.48. The van der Waals surface area contributed by atoms with Crippen LogP contribution in [0.4, 0.5) is 0 Å². The second-order valence-corrected chi connectivity index (χ2v) is 13.5. The van der Waals surface area contributed by atoms with Gasteiger partial charge in [0.05, 0.1) is 15.5 Å². The number of para-hydroxylation sites is 1. The van der Waals surface area contributed by atoms with E-state index in [0.717, 1.165) is 24.9 Å². The van der Waals surface area contributed by atoms with E-state index in [0.29, 0.717) is 45.7 Å². The SMILES string of the molecule is CC(C)CN1C(=O)/C(=C/c2cn(-c3ccccc3)nc2-c2cccc(S(=O)(=O)N3CCCCC3)c2)SC1=S. The van der Waals surface area contributed by atoms with Crippen LogP contribution in [0, 0.1) is 5.92 Å². The summed E-state index contributed by atoms with van der Waals surface area (Å²) in [5.74, 6) is 0.173. The van der Waals surface area contributed by atoms with Gasteiger partial charge in [-0.05, 0) is 49.1 Å². The quantitative estimate of drug-likeness (QED) is 0.275. The number of benzene rings is 2. The van der Waals surface area contributed by atoms with Gasteiger partial charge in [-0.15, -0.1) is 0 Å². The topological polar surface area (TPSA) is 75.5 Å². The van der Waals surface area contributed by atoms with Gasteiger partial charge in [-0.1, -0.05) is 74.6 Å². The average Bonchev–Trinajstić information content (AvgIpc) is 3.46. The number of carbonyl (C=O) groups is 1. The van der Waals surface area contributed by atoms with Crippen molar-refractivity contribution in [2.45, 2.75) is 38.0 Å². The number of rotatable bonds is 7. The summed E-state index contributed by atoms with van der Waals surface area (Å²) < 4.78 is 30.6. The monoisotopic (exact) mass is 566 g/mol. The van der Waals surface area contributed by atoms with Gasteiger partial charge in [0.1, 0.15) is 10.0 Å². The minimum atomic E-state index is -3.61. The van der Waals surface area contributed by atoms with Crippen LogP contribution >= 0.6 is 24.0 Å². The third kappa shape index (κ3) is 5.49. The molecule has 5 rings (SSSR count). The Morgan fingerprint density at radius 3 is 2.50 bits per heavy atom. The maximum atomic E-state index is 13.4. The molecule has 2 aliphatic rings. The number of nitrogens with zero attached hydrogens (tertiary/aromatic N) is 4. The highest BCUT2D eigenvalue weighted by Gasteiger charge is 2.33. The summed E-state index contributed by atoms with van der Waals surface area (Å²) in [6, 6.07) is 16.6. The number of thioether (sulfide) groups is 1. The molecule has 2 fully saturated rings. The second kappa shape index (κ2) is 11.1. The molecule has 0 unspecified atom stereocenters. The number of carbonyl (C=O) groups excluding carboxylic acids is 1. The number of hydrogen-bond acceptors (Lipinski definition) is 6. The molecule has 7 nitrogen and oxygen atoms in total. The highest BCUT2D eigenvalue weighted by Crippen LogP contribution is 2.36. The van der Waals surface area contributed by atoms with Crippen LogP contribution in [0.2, 0.25) is 0 Å². The Balaban J connectivity index is 1.57. The molecule has 2 aliphatic heterocycles. The Hall–Kier alpha value is -2.79. The van der Waals surface area contributed by atoms with Crippen molar-refractivity contribution in [3.05, 3.63) is 71.3 Å². The van der Waals surface area contributed by atoms with Gasteiger partial charge >= 0.3 is 0 Å². The van der Waals surface area contributed by atoms with Gasteiger partial charge in [-0.25, -0.2) is 13.1 Å². The molecule has 0 radical (unpaired) electrons. The lowest BCUT2D eigenvalue weighted by atomic mass is 10.1. The van der Waals surface area contributed by atoms with E-state index in [1.165, 1.54) is 11.8 Å². The molecule has 0 N–H and O–H groups in total. The Labute approximate surface area is 233 Å². The standard InChI is InChI=1S/C28H30N4O3S3/c1-20(2)18-31-27(33)25(37-28(31)36)17-22-19-32(23-11-5-3-6-12-23)29-26(22)21-10-9-13-24(16-21)38(34,35)30-14-7-4-8-15-30/h3,5-6,9-13,16-17,19-20H,4,7-8,14-15,18H2,1-2H3/b25-17-. The Kier molecular flexibility index (Phi) is 7.85. The zero-order valence-corrected chi connectivity index (χ0v) is 23.9. The number of thiocarbonyl (C=S) groups is 1. The lowest BCUT2D eigenvalue weighted by Crippen LogP contribution is -2.35. The van der Waals surface area contributed by atoms with Crippen LogP contribution in [0.1, 0.15) is 38.7 Å². The summed E-state index contributed by atoms with van der Waals surface area (Å²) in [6.45, 7) is 5.75. The van der Waals surface area contributed by atoms with Crippen molar-refractivity contribution in [1.29, 1.82) is 0 Å². The first kappa shape index (κ1) is 26.8. The van der Waals surface area contributed by atoms with E-state index in [-0.39, 0.29) is 16.7 Å². The first-order valence-electron chi connectivity index (χ1n) is 12.7. The summed E-state index contributed by atoms with van der Waals surface area (Å²) >= 11 is 6.78. The van der Waals surface area contributed by atoms with Crippen molar-refractivity contribution in [3.8, 4) is 16.9 Å². The molecule has 38 heavy (non-hydrogen) atoms. The van der Waals surface area contributed by atoms with Gasteiger partial charge < -0.3 is 0 Å². The van der Waals surface area contributed by atoms with Gasteiger partial charge in [-0.3, -0.25) is 9.69 Å². The molecule has 3 aromatic rings. The first-order valence-corrected chi connectivity index (χ1v) is 15.4. The van der Waals surface area contributed by atoms with Crippen LogP contribution in [0.25, 0.3) is 23.0 Å². The fourth-order valence-corrected chi connectivity index (χ4v) is 7.48. The average molecular weight is 567 g/mol. The van der Waals surface area contributed by atoms with Gasteiger partial charge in [0, 0.05) is 37.0 Å². The third-order valence-electron chi connectivity index (χ3n) is 6.53. The number of piperidine rings is 1. The minimum Gasteiger partial charge on any atom is -0.293 e. The maximum absolute atomic E-state index is 13.4. The smallest absolute Gasteiger partial charge is 0.266 e. The molecule has 0 spiro atoms. The van der Waals surface area contributed by atoms with Gasteiger partial charge in [0.15, 0.2) is 0 Å². The molecule has 0 aliphatic carbocycles. The van der Waals surface area contributed by atoms with Crippen LogP contribution in [0.5, 0.6) is 0 Å². The van der Waals surface area contributed by atoms with Gasteiger partial charge in [-0.2, -0.15) is 9.40 Å². The van der Waals surface area contributed by atoms with E-state index in [1.54, 1.807) is 32.1 Å². The van der Waals surface area contributed by atoms with Crippen LogP contribution in [-0.2, 0) is 14.8 Å². The molecule has 0 saturated carbocycles. The van der Waals surface area contributed by atoms with E-state index in [1.807, 2.05) is 48.7 Å². The molecule has 3 heterocycles. The molecular formula is C28H30N4O3S3. The second-order valence-electron chi connectivity index (χ2n) is 9.89. The molecule has 2 aromatic carbocycles. The largest absolute Gasteiger partial charge is 0.293 e. The van der Waals surface area contributed by atoms with Gasteiger partial charge in [0.25, 0.3) is 5.91 Å². The van der Waals surface area contributed by atoms with E-state index in [2.05, 4.69) is 13.8 Å². The minimum absolute atomic E-state index is 0.117. The lowest BCUT2D eigenvalue weighted by Gasteiger charge is -2.26. The molecule has 1 aromatic heterocycles. The summed E-state index contributed by atoms with van der Waals surface area (Å²) in [5, 5.41) is 4.84. The number of amides is 1. The van der Waals surface area contributed by atoms with Crippen LogP contribution in [-0.4, -0.2) is 57.3 Å². The zero-order valence-electron chi connectivity index (χ0n) is 21.4. The molecular weight excluding hydrogens is 537 g/mol. The van der Waals surface area contributed by atoms with Crippen molar-refractivity contribution in [3.63, 3.8) is 0 Å². The van der Waals surface area contributed by atoms with Crippen molar-refractivity contribution < 1.29 is 13.2 Å². The number of aromatic nitrogens is 2. The van der Waals surface area contributed by atoms with E-state index in [4.69, 9.17) is 17.3 Å². The van der Waals surface area contributed by atoms with E-state index in [9.17, 15) is 13.2 Å². The zero-order chi connectivity index (χ0) is 26.9. The molecule has 0 atom stereocenters. The third-order valence-corrected chi connectivity index (χ3v) is 9.80. The lowest BCUT2D eigenvalue weighted by molar-refractivity contribution is -0.122. The first-order chi connectivity index (χ1) is 18.2. The van der Waals surface area contributed by atoms with E-state index >= 15 is 0 Å². The van der Waals surface area contributed by atoms with Crippen molar-refractivity contribution >= 4 is 50.3 Å². The molecule has 0 bridgehead atoms. The van der Waals surface area contributed by atoms with Crippen molar-refractivity contribution in [2.24, 2.45) is 5.92 Å². The molecule has 198 valence electrons. The normalized spacial score (nSPS) is 18.2. The molecule has 10 heteroatoms. The van der Waals surface area contributed by atoms with Gasteiger partial charge in [0.2, 0.25) is 10.0 Å². The fraction of sp³-hybridized carbons (Fsp3) is 0.321. The van der Waals surface area contributed by atoms with Crippen molar-refractivity contribution in [2.75, 3.05) is 19.6 Å². The summed E-state index contributed by atoms with van der Waals surface area (Å²) in [7, 11) is -3.61. The van der Waals surface area contributed by atoms with Crippen LogP contribution in [0.3, 0.4) is 0 Å².